The van der Waals surface area contributed by atoms with Gasteiger partial charge in [0.25, 0.3) is 0 Å². The number of rotatable bonds is 6. The first kappa shape index (κ1) is 35.0. The first-order chi connectivity index (χ1) is 29.5. The first-order valence-electron chi connectivity index (χ1n) is 20.9. The molecule has 2 aliphatic rings. The highest BCUT2D eigenvalue weighted by atomic mass is 32.1. The molecule has 0 N–H and O–H groups in total. The van der Waals surface area contributed by atoms with E-state index < -0.39 is 5.41 Å². The summed E-state index contributed by atoms with van der Waals surface area (Å²) in [5, 5.41) is 2.69. The topological polar surface area (TPSA) is 3.24 Å². The number of nitrogens with zero attached hydrogens (tertiary/aromatic N) is 1. The second kappa shape index (κ2) is 13.3. The molecule has 0 atom stereocenters. The van der Waals surface area contributed by atoms with Crippen LogP contribution in [0.15, 0.2) is 212 Å². The SMILES string of the molecule is CC1(C)c2cc(N(c3ccccc3)c3ccc4c(c3)C(c3ccccc3)(c3ccccc3)c3ccccc3-4)ccc2-c2c1cc1sc3ccccc3c1c2-c1ccccc1. The molecule has 0 spiro atoms. The van der Waals surface area contributed by atoms with Crippen LogP contribution in [0, 0.1) is 0 Å². The lowest BCUT2D eigenvalue weighted by Crippen LogP contribution is -2.28. The van der Waals surface area contributed by atoms with Gasteiger partial charge in [0.2, 0.25) is 0 Å². The summed E-state index contributed by atoms with van der Waals surface area (Å²) in [5.41, 5.74) is 18.5. The fraction of sp³-hybridized carbons (Fsp3) is 0.0690. The third-order valence-corrected chi connectivity index (χ3v) is 14.4. The van der Waals surface area contributed by atoms with Gasteiger partial charge < -0.3 is 4.90 Å². The Kier molecular flexibility index (Phi) is 7.73. The summed E-state index contributed by atoms with van der Waals surface area (Å²) in [6.07, 6.45) is 0. The maximum Gasteiger partial charge on any atom is 0.0714 e. The lowest BCUT2D eigenvalue weighted by molar-refractivity contribution is 0.661. The summed E-state index contributed by atoms with van der Waals surface area (Å²) in [6, 6.07) is 79.0. The Labute approximate surface area is 355 Å². The molecule has 12 rings (SSSR count). The molecule has 2 aliphatic carbocycles. The highest BCUT2D eigenvalue weighted by molar-refractivity contribution is 7.26. The molecule has 0 unspecified atom stereocenters. The van der Waals surface area contributed by atoms with Crippen LogP contribution in [0.2, 0.25) is 0 Å². The minimum atomic E-state index is -0.487. The van der Waals surface area contributed by atoms with Crippen molar-refractivity contribution >= 4 is 48.6 Å². The van der Waals surface area contributed by atoms with E-state index in [4.69, 9.17) is 0 Å². The number of thiophene rings is 1. The molecule has 60 heavy (non-hydrogen) atoms. The third kappa shape index (κ3) is 4.92. The van der Waals surface area contributed by atoms with Crippen LogP contribution in [0.5, 0.6) is 0 Å². The molecule has 2 heteroatoms. The third-order valence-electron chi connectivity index (χ3n) is 13.3. The number of para-hydroxylation sites is 1. The molecule has 284 valence electrons. The smallest absolute Gasteiger partial charge is 0.0714 e. The number of anilines is 3. The maximum absolute atomic E-state index is 2.50. The van der Waals surface area contributed by atoms with Gasteiger partial charge in [-0.25, -0.2) is 0 Å². The van der Waals surface area contributed by atoms with Gasteiger partial charge in [0.1, 0.15) is 0 Å². The fourth-order valence-electron chi connectivity index (χ4n) is 10.7. The molecular weight excluding hydrogens is 743 g/mol. The average molecular weight is 784 g/mol. The van der Waals surface area contributed by atoms with Crippen LogP contribution in [0.1, 0.15) is 47.2 Å². The summed E-state index contributed by atoms with van der Waals surface area (Å²) in [4.78, 5) is 2.47. The molecule has 0 saturated carbocycles. The summed E-state index contributed by atoms with van der Waals surface area (Å²) in [6.45, 7) is 4.84. The van der Waals surface area contributed by atoms with E-state index in [9.17, 15) is 0 Å². The van der Waals surface area contributed by atoms with Gasteiger partial charge in [-0.2, -0.15) is 0 Å². The number of hydrogen-bond acceptors (Lipinski definition) is 2. The number of benzene rings is 9. The molecular formula is C58H41NS. The van der Waals surface area contributed by atoms with E-state index in [0.717, 1.165) is 17.1 Å². The number of fused-ring (bicyclic) bond motifs is 9. The van der Waals surface area contributed by atoms with Crippen LogP contribution >= 0.6 is 11.3 Å². The van der Waals surface area contributed by atoms with Crippen molar-refractivity contribution in [3.63, 3.8) is 0 Å². The van der Waals surface area contributed by atoms with Crippen LogP contribution in [0.25, 0.3) is 53.6 Å². The van der Waals surface area contributed by atoms with E-state index in [1.54, 1.807) is 0 Å². The molecule has 0 radical (unpaired) electrons. The van der Waals surface area contributed by atoms with Gasteiger partial charge in [-0.05, 0) is 115 Å². The minimum absolute atomic E-state index is 0.230. The average Bonchev–Trinajstić information content (AvgIpc) is 3.90. The zero-order valence-corrected chi connectivity index (χ0v) is 34.4. The summed E-state index contributed by atoms with van der Waals surface area (Å²) < 4.78 is 2.68. The molecule has 0 bridgehead atoms. The summed E-state index contributed by atoms with van der Waals surface area (Å²) in [5.74, 6) is 0. The van der Waals surface area contributed by atoms with E-state index in [0.29, 0.717) is 0 Å². The van der Waals surface area contributed by atoms with Gasteiger partial charge in [-0.3, -0.25) is 0 Å². The standard InChI is InChI=1S/C58H41NS/c1-57(2)49-35-42(32-34-46(49)55-51(57)37-53-56(47-28-16-18-30-52(47)60-53)54(55)38-19-7-3-8-20-38)59(41-25-13-6-14-26-41)43-31-33-45-44-27-15-17-29-48(44)58(50(45)36-43,39-21-9-4-10-22-39)40-23-11-5-12-24-40/h3-37H,1-2H3. The van der Waals surface area contributed by atoms with Crippen molar-refractivity contribution in [3.8, 4) is 33.4 Å². The number of hydrogen-bond donors (Lipinski definition) is 0. The van der Waals surface area contributed by atoms with Crippen LogP contribution in [0.4, 0.5) is 17.1 Å². The Balaban J connectivity index is 1.09. The van der Waals surface area contributed by atoms with E-state index in [2.05, 4.69) is 231 Å². The van der Waals surface area contributed by atoms with Gasteiger partial charge in [0, 0.05) is 42.6 Å². The van der Waals surface area contributed by atoms with Crippen molar-refractivity contribution in [3.05, 3.63) is 246 Å². The summed E-state index contributed by atoms with van der Waals surface area (Å²) >= 11 is 1.91. The second-order valence-electron chi connectivity index (χ2n) is 16.8. The molecule has 1 heterocycles. The van der Waals surface area contributed by atoms with E-state index in [1.807, 2.05) is 11.3 Å². The molecule has 9 aromatic carbocycles. The molecule has 0 saturated heterocycles. The predicted molar refractivity (Wildman–Crippen MR) is 254 cm³/mol. The minimum Gasteiger partial charge on any atom is -0.310 e. The largest absolute Gasteiger partial charge is 0.310 e. The van der Waals surface area contributed by atoms with Crippen molar-refractivity contribution in [2.45, 2.75) is 24.7 Å². The van der Waals surface area contributed by atoms with Gasteiger partial charge in [0.15, 0.2) is 0 Å². The Hall–Kier alpha value is -7.00. The van der Waals surface area contributed by atoms with Crippen molar-refractivity contribution in [2.24, 2.45) is 0 Å². The lowest BCUT2D eigenvalue weighted by atomic mass is 9.67. The maximum atomic E-state index is 2.50. The monoisotopic (exact) mass is 783 g/mol. The quantitative estimate of drug-likeness (QED) is 0.162. The Bertz CT molecular complexity index is 3230. The Morgan fingerprint density at radius 2 is 0.933 bits per heavy atom. The van der Waals surface area contributed by atoms with Crippen LogP contribution in [-0.4, -0.2) is 0 Å². The highest BCUT2D eigenvalue weighted by Gasteiger charge is 2.46. The van der Waals surface area contributed by atoms with Gasteiger partial charge in [-0.1, -0.05) is 178 Å². The van der Waals surface area contributed by atoms with Crippen LogP contribution in [-0.2, 0) is 10.8 Å². The highest BCUT2D eigenvalue weighted by Crippen LogP contribution is 2.59. The van der Waals surface area contributed by atoms with Crippen molar-refractivity contribution in [2.75, 3.05) is 4.90 Å². The summed E-state index contributed by atoms with van der Waals surface area (Å²) in [7, 11) is 0. The zero-order valence-electron chi connectivity index (χ0n) is 33.6. The molecule has 0 aliphatic heterocycles. The lowest BCUT2D eigenvalue weighted by Gasteiger charge is -2.35. The van der Waals surface area contributed by atoms with Crippen molar-refractivity contribution in [1.82, 2.24) is 0 Å². The fourth-order valence-corrected chi connectivity index (χ4v) is 11.9. The normalized spacial score (nSPS) is 14.1. The van der Waals surface area contributed by atoms with E-state index in [1.165, 1.54) is 86.9 Å². The molecule has 10 aromatic rings. The van der Waals surface area contributed by atoms with Gasteiger partial charge in [-0.15, -0.1) is 11.3 Å². The van der Waals surface area contributed by atoms with Crippen molar-refractivity contribution in [1.29, 1.82) is 0 Å². The predicted octanol–water partition coefficient (Wildman–Crippen LogP) is 15.9. The van der Waals surface area contributed by atoms with Crippen LogP contribution < -0.4 is 4.90 Å². The molecule has 0 fully saturated rings. The molecule has 1 nitrogen and oxygen atoms in total. The Morgan fingerprint density at radius 3 is 1.63 bits per heavy atom. The molecule has 1 aromatic heterocycles. The zero-order chi connectivity index (χ0) is 40.0. The molecule has 0 amide bonds. The van der Waals surface area contributed by atoms with E-state index >= 15 is 0 Å². The Morgan fingerprint density at radius 1 is 0.383 bits per heavy atom. The van der Waals surface area contributed by atoms with Gasteiger partial charge >= 0.3 is 0 Å². The van der Waals surface area contributed by atoms with Gasteiger partial charge in [0.05, 0.1) is 5.41 Å². The van der Waals surface area contributed by atoms with Crippen LogP contribution in [0.3, 0.4) is 0 Å². The second-order valence-corrected chi connectivity index (χ2v) is 17.9. The first-order valence-corrected chi connectivity index (χ1v) is 21.7. The van der Waals surface area contributed by atoms with E-state index in [-0.39, 0.29) is 5.41 Å². The van der Waals surface area contributed by atoms with Crippen molar-refractivity contribution < 1.29 is 0 Å².